The van der Waals surface area contributed by atoms with Crippen LogP contribution in [0.1, 0.15) is 26.2 Å². The highest BCUT2D eigenvalue weighted by Crippen LogP contribution is 2.48. The Kier molecular flexibility index (Phi) is 2.62. The lowest BCUT2D eigenvalue weighted by molar-refractivity contribution is -0.150. The molecule has 2 aliphatic carbocycles. The molecule has 2 rings (SSSR count). The normalized spacial score (nSPS) is 27.4. The lowest BCUT2D eigenvalue weighted by atomic mass is 9.63. The van der Waals surface area contributed by atoms with Gasteiger partial charge in [-0.3, -0.25) is 4.79 Å². The average Bonchev–Trinajstić information content (AvgIpc) is 2.25. The number of hydrogen-bond donors (Lipinski definition) is 2. The minimum absolute atomic E-state index is 0.196. The maximum atomic E-state index is 11.4. The molecule has 1 unspecified atom stereocenters. The summed E-state index contributed by atoms with van der Waals surface area (Å²) in [5.74, 6) is -0.510. The second-order valence-electron chi connectivity index (χ2n) is 4.72. The monoisotopic (exact) mass is 219 g/mol. The predicted molar refractivity (Wildman–Crippen MR) is 62.6 cm³/mol. The van der Waals surface area contributed by atoms with Gasteiger partial charge in [-0.25, -0.2) is 0 Å². The van der Waals surface area contributed by atoms with Crippen molar-refractivity contribution in [1.29, 1.82) is 0 Å². The molecule has 0 aliphatic heterocycles. The lowest BCUT2D eigenvalue weighted by Gasteiger charge is -2.39. The smallest absolute Gasteiger partial charge is 0.314 e. The van der Waals surface area contributed by atoms with Gasteiger partial charge in [-0.1, -0.05) is 31.6 Å². The van der Waals surface area contributed by atoms with Gasteiger partial charge in [0.2, 0.25) is 0 Å². The number of carboxylic acid groups (broad SMARTS) is 1. The first kappa shape index (κ1) is 11.0. The SMILES string of the molecule is CC1C=C(N)C=CC(C2(C(=O)O)CCC2)=C1. The minimum Gasteiger partial charge on any atom is -0.481 e. The number of carboxylic acids is 1. The molecule has 0 saturated heterocycles. The van der Waals surface area contributed by atoms with E-state index in [1.807, 2.05) is 25.2 Å². The summed E-state index contributed by atoms with van der Waals surface area (Å²) in [6.45, 7) is 2.02. The fourth-order valence-corrected chi connectivity index (χ4v) is 2.41. The van der Waals surface area contributed by atoms with E-state index in [0.717, 1.165) is 24.8 Å². The van der Waals surface area contributed by atoms with Gasteiger partial charge in [0.25, 0.3) is 0 Å². The van der Waals surface area contributed by atoms with E-state index < -0.39 is 11.4 Å². The molecule has 0 aromatic rings. The Morgan fingerprint density at radius 1 is 1.44 bits per heavy atom. The van der Waals surface area contributed by atoms with Crippen LogP contribution in [0.2, 0.25) is 0 Å². The molecule has 0 spiro atoms. The highest BCUT2D eigenvalue weighted by atomic mass is 16.4. The summed E-state index contributed by atoms with van der Waals surface area (Å²) in [5, 5.41) is 9.36. The van der Waals surface area contributed by atoms with Crippen molar-refractivity contribution >= 4 is 5.97 Å². The molecule has 3 nitrogen and oxygen atoms in total. The fourth-order valence-electron chi connectivity index (χ4n) is 2.41. The molecule has 1 atom stereocenters. The highest BCUT2D eigenvalue weighted by molar-refractivity contribution is 5.81. The average molecular weight is 219 g/mol. The van der Waals surface area contributed by atoms with Crippen LogP contribution in [0.25, 0.3) is 0 Å². The van der Waals surface area contributed by atoms with E-state index in [2.05, 4.69) is 0 Å². The Hall–Kier alpha value is -1.51. The maximum Gasteiger partial charge on any atom is 0.314 e. The van der Waals surface area contributed by atoms with Crippen LogP contribution >= 0.6 is 0 Å². The van der Waals surface area contributed by atoms with E-state index >= 15 is 0 Å². The first-order valence-electron chi connectivity index (χ1n) is 5.66. The van der Waals surface area contributed by atoms with Crippen molar-refractivity contribution in [1.82, 2.24) is 0 Å². The first-order chi connectivity index (χ1) is 7.54. The third-order valence-corrected chi connectivity index (χ3v) is 3.52. The van der Waals surface area contributed by atoms with Gasteiger partial charge in [-0.05, 0) is 30.4 Å². The van der Waals surface area contributed by atoms with Crippen LogP contribution in [0.5, 0.6) is 0 Å². The van der Waals surface area contributed by atoms with Crippen molar-refractivity contribution in [3.05, 3.63) is 35.6 Å². The molecule has 0 bridgehead atoms. The molecular formula is C13H17NO2. The van der Waals surface area contributed by atoms with Gasteiger partial charge in [0.15, 0.2) is 0 Å². The second-order valence-corrected chi connectivity index (χ2v) is 4.72. The van der Waals surface area contributed by atoms with E-state index in [1.165, 1.54) is 0 Å². The number of aliphatic carboxylic acids is 1. The van der Waals surface area contributed by atoms with Crippen LogP contribution in [0.3, 0.4) is 0 Å². The largest absolute Gasteiger partial charge is 0.481 e. The quantitative estimate of drug-likeness (QED) is 0.748. The molecular weight excluding hydrogens is 202 g/mol. The third kappa shape index (κ3) is 1.66. The topological polar surface area (TPSA) is 63.3 Å². The van der Waals surface area contributed by atoms with Crippen LogP contribution in [-0.4, -0.2) is 11.1 Å². The van der Waals surface area contributed by atoms with Crippen molar-refractivity contribution in [2.75, 3.05) is 0 Å². The summed E-state index contributed by atoms with van der Waals surface area (Å²) in [5.41, 5.74) is 6.73. The summed E-state index contributed by atoms with van der Waals surface area (Å²) in [6.07, 6.45) is 10.1. The Bertz CT molecular complexity index is 400. The van der Waals surface area contributed by atoms with E-state index in [9.17, 15) is 9.90 Å². The Labute approximate surface area is 95.3 Å². The highest BCUT2D eigenvalue weighted by Gasteiger charge is 2.46. The summed E-state index contributed by atoms with van der Waals surface area (Å²) < 4.78 is 0. The Morgan fingerprint density at radius 3 is 2.62 bits per heavy atom. The van der Waals surface area contributed by atoms with Crippen molar-refractivity contribution in [3.63, 3.8) is 0 Å². The molecule has 1 saturated carbocycles. The van der Waals surface area contributed by atoms with Crippen LogP contribution in [0.15, 0.2) is 35.6 Å². The van der Waals surface area contributed by atoms with Gasteiger partial charge in [0.05, 0.1) is 5.41 Å². The van der Waals surface area contributed by atoms with Crippen LogP contribution in [0.4, 0.5) is 0 Å². The molecule has 2 aliphatic rings. The summed E-state index contributed by atoms with van der Waals surface area (Å²) in [7, 11) is 0. The molecule has 1 fully saturated rings. The fraction of sp³-hybridized carbons (Fsp3) is 0.462. The molecule has 0 heterocycles. The number of nitrogens with two attached hydrogens (primary N) is 1. The number of hydrogen-bond acceptors (Lipinski definition) is 2. The number of rotatable bonds is 2. The van der Waals surface area contributed by atoms with E-state index in [-0.39, 0.29) is 5.92 Å². The van der Waals surface area contributed by atoms with Gasteiger partial charge in [0, 0.05) is 5.70 Å². The zero-order valence-electron chi connectivity index (χ0n) is 9.44. The third-order valence-electron chi connectivity index (χ3n) is 3.52. The molecule has 3 heteroatoms. The molecule has 86 valence electrons. The van der Waals surface area contributed by atoms with Crippen molar-refractivity contribution in [2.45, 2.75) is 26.2 Å². The first-order valence-corrected chi connectivity index (χ1v) is 5.66. The predicted octanol–water partition coefficient (Wildman–Crippen LogP) is 2.22. The van der Waals surface area contributed by atoms with Crippen molar-refractivity contribution in [2.24, 2.45) is 17.1 Å². The molecule has 0 amide bonds. The number of carbonyl (C=O) groups is 1. The van der Waals surface area contributed by atoms with Crippen LogP contribution < -0.4 is 5.73 Å². The Morgan fingerprint density at radius 2 is 2.12 bits per heavy atom. The molecule has 0 radical (unpaired) electrons. The van der Waals surface area contributed by atoms with Crippen molar-refractivity contribution < 1.29 is 9.90 Å². The molecule has 16 heavy (non-hydrogen) atoms. The summed E-state index contributed by atoms with van der Waals surface area (Å²) in [4.78, 5) is 11.4. The zero-order valence-corrected chi connectivity index (χ0v) is 9.44. The lowest BCUT2D eigenvalue weighted by Crippen LogP contribution is -2.39. The van der Waals surface area contributed by atoms with Crippen LogP contribution in [0, 0.1) is 11.3 Å². The van der Waals surface area contributed by atoms with Gasteiger partial charge in [0.1, 0.15) is 0 Å². The van der Waals surface area contributed by atoms with Gasteiger partial charge < -0.3 is 10.8 Å². The van der Waals surface area contributed by atoms with Gasteiger partial charge >= 0.3 is 5.97 Å². The molecule has 3 N–H and O–H groups in total. The van der Waals surface area contributed by atoms with E-state index in [1.54, 1.807) is 6.08 Å². The standard InChI is InChI=1S/C13H17NO2/c1-9-7-10(3-4-11(14)8-9)13(12(15)16)5-2-6-13/h3-4,7-9H,2,5-6,14H2,1H3,(H,15,16). The van der Waals surface area contributed by atoms with Crippen molar-refractivity contribution in [3.8, 4) is 0 Å². The second kappa shape index (κ2) is 3.81. The minimum atomic E-state index is -0.706. The van der Waals surface area contributed by atoms with E-state index in [0.29, 0.717) is 5.70 Å². The molecule has 0 aromatic heterocycles. The number of allylic oxidation sites excluding steroid dienone is 4. The summed E-state index contributed by atoms with van der Waals surface area (Å²) >= 11 is 0. The summed E-state index contributed by atoms with van der Waals surface area (Å²) in [6, 6.07) is 0. The maximum absolute atomic E-state index is 11.4. The van der Waals surface area contributed by atoms with Gasteiger partial charge in [-0.15, -0.1) is 0 Å². The Balaban J connectivity index is 2.34. The van der Waals surface area contributed by atoms with Crippen LogP contribution in [-0.2, 0) is 4.79 Å². The zero-order chi connectivity index (χ0) is 11.8. The van der Waals surface area contributed by atoms with E-state index in [4.69, 9.17) is 5.73 Å². The molecule has 0 aromatic carbocycles. The van der Waals surface area contributed by atoms with Gasteiger partial charge in [-0.2, -0.15) is 0 Å².